The van der Waals surface area contributed by atoms with Crippen molar-refractivity contribution in [3.05, 3.63) is 35.1 Å². The number of hydrogen-bond acceptors (Lipinski definition) is 4. The third-order valence-corrected chi connectivity index (χ3v) is 2.93. The zero-order chi connectivity index (χ0) is 14.4. The number of nitrogens with zero attached hydrogens (tertiary/aromatic N) is 1. The number of ketones is 1. The second kappa shape index (κ2) is 6.92. The molecule has 19 heavy (non-hydrogen) atoms. The second-order valence-corrected chi connectivity index (χ2v) is 4.63. The Balaban J connectivity index is 3.04. The van der Waals surface area contributed by atoms with Crippen molar-refractivity contribution in [3.8, 4) is 0 Å². The van der Waals surface area contributed by atoms with Crippen LogP contribution in [0.15, 0.2) is 35.1 Å². The van der Waals surface area contributed by atoms with Crippen molar-refractivity contribution in [2.45, 2.75) is 26.7 Å². The summed E-state index contributed by atoms with van der Waals surface area (Å²) < 4.78 is 5.02. The Morgan fingerprint density at radius 1 is 1.37 bits per heavy atom. The van der Waals surface area contributed by atoms with Crippen LogP contribution in [0.3, 0.4) is 0 Å². The number of esters is 1. The van der Waals surface area contributed by atoms with Gasteiger partial charge in [0.1, 0.15) is 0 Å². The molecule has 0 unspecified atom stereocenters. The molecule has 0 amide bonds. The maximum absolute atomic E-state index is 11.9. The first-order valence-corrected chi connectivity index (χ1v) is 6.42. The van der Waals surface area contributed by atoms with E-state index < -0.39 is 0 Å². The summed E-state index contributed by atoms with van der Waals surface area (Å²) in [7, 11) is 3.81. The van der Waals surface area contributed by atoms with Gasteiger partial charge in [-0.2, -0.15) is 0 Å². The molecular weight excluding hydrogens is 242 g/mol. The normalized spacial score (nSPS) is 18.3. The SMILES string of the molecule is CCOC(=O)C1=C(C)/C(=C\C=C\N(C)C)C(=O)CC1. The molecule has 0 N–H and O–H groups in total. The van der Waals surface area contributed by atoms with Gasteiger partial charge in [-0.1, -0.05) is 0 Å². The highest BCUT2D eigenvalue weighted by molar-refractivity contribution is 6.05. The van der Waals surface area contributed by atoms with E-state index in [4.69, 9.17) is 4.74 Å². The summed E-state index contributed by atoms with van der Waals surface area (Å²) >= 11 is 0. The summed E-state index contributed by atoms with van der Waals surface area (Å²) in [5.74, 6) is -0.232. The van der Waals surface area contributed by atoms with Crippen molar-refractivity contribution in [1.29, 1.82) is 0 Å². The van der Waals surface area contributed by atoms with Gasteiger partial charge in [0.25, 0.3) is 0 Å². The predicted octanol–water partition coefficient (Wildman–Crippen LogP) is 2.23. The lowest BCUT2D eigenvalue weighted by atomic mass is 9.87. The zero-order valence-electron chi connectivity index (χ0n) is 12.0. The van der Waals surface area contributed by atoms with Gasteiger partial charge in [0.15, 0.2) is 5.78 Å². The molecule has 0 bridgehead atoms. The summed E-state index contributed by atoms with van der Waals surface area (Å²) in [5, 5.41) is 0. The highest BCUT2D eigenvalue weighted by Crippen LogP contribution is 2.27. The average Bonchev–Trinajstić information content (AvgIpc) is 2.33. The van der Waals surface area contributed by atoms with Crippen LogP contribution in [0.4, 0.5) is 0 Å². The van der Waals surface area contributed by atoms with E-state index in [2.05, 4.69) is 0 Å². The highest BCUT2D eigenvalue weighted by Gasteiger charge is 2.25. The fourth-order valence-electron chi connectivity index (χ4n) is 1.94. The molecular formula is C15H21NO3. The molecule has 0 atom stereocenters. The molecule has 0 saturated carbocycles. The third-order valence-electron chi connectivity index (χ3n) is 2.93. The lowest BCUT2D eigenvalue weighted by Crippen LogP contribution is -2.18. The van der Waals surface area contributed by atoms with Crippen molar-refractivity contribution >= 4 is 11.8 Å². The Kier molecular flexibility index (Phi) is 5.55. The van der Waals surface area contributed by atoms with E-state index >= 15 is 0 Å². The molecule has 0 saturated heterocycles. The van der Waals surface area contributed by atoms with Crippen molar-refractivity contribution in [1.82, 2.24) is 4.90 Å². The fourth-order valence-corrected chi connectivity index (χ4v) is 1.94. The first kappa shape index (κ1) is 15.2. The predicted molar refractivity (Wildman–Crippen MR) is 74.5 cm³/mol. The van der Waals surface area contributed by atoms with E-state index in [1.54, 1.807) is 19.9 Å². The number of rotatable bonds is 4. The molecule has 104 valence electrons. The first-order chi connectivity index (χ1) is 8.97. The van der Waals surface area contributed by atoms with Crippen molar-refractivity contribution < 1.29 is 14.3 Å². The van der Waals surface area contributed by atoms with Crippen LogP contribution in [0.25, 0.3) is 0 Å². The monoisotopic (exact) mass is 263 g/mol. The number of hydrogen-bond donors (Lipinski definition) is 0. The van der Waals surface area contributed by atoms with Crippen molar-refractivity contribution in [3.63, 3.8) is 0 Å². The van der Waals surface area contributed by atoms with Gasteiger partial charge < -0.3 is 9.64 Å². The maximum Gasteiger partial charge on any atom is 0.334 e. The van der Waals surface area contributed by atoms with Gasteiger partial charge in [0.05, 0.1) is 6.61 Å². The smallest absolute Gasteiger partial charge is 0.334 e. The minimum atomic E-state index is -0.310. The molecule has 0 aliphatic heterocycles. The molecule has 1 aliphatic carbocycles. The molecule has 1 aliphatic rings. The Hall–Kier alpha value is -1.84. The van der Waals surface area contributed by atoms with Crippen molar-refractivity contribution in [2.75, 3.05) is 20.7 Å². The zero-order valence-corrected chi connectivity index (χ0v) is 12.0. The summed E-state index contributed by atoms with van der Waals surface area (Å²) in [4.78, 5) is 25.6. The lowest BCUT2D eigenvalue weighted by Gasteiger charge is -2.18. The van der Waals surface area contributed by atoms with Gasteiger partial charge in [0.2, 0.25) is 0 Å². The molecule has 0 aromatic rings. The average molecular weight is 263 g/mol. The quantitative estimate of drug-likeness (QED) is 0.576. The van der Waals surface area contributed by atoms with Crippen LogP contribution in [0.2, 0.25) is 0 Å². The highest BCUT2D eigenvalue weighted by atomic mass is 16.5. The molecule has 0 aromatic carbocycles. The molecule has 0 heterocycles. The topological polar surface area (TPSA) is 46.6 Å². The fraction of sp³-hybridized carbons (Fsp3) is 0.467. The summed E-state index contributed by atoms with van der Waals surface area (Å²) in [6, 6.07) is 0. The lowest BCUT2D eigenvalue weighted by molar-refractivity contribution is -0.138. The number of ether oxygens (including phenoxy) is 1. The Bertz CT molecular complexity index is 456. The van der Waals surface area contributed by atoms with E-state index in [1.807, 2.05) is 31.3 Å². The van der Waals surface area contributed by atoms with Gasteiger partial charge in [0, 0.05) is 31.7 Å². The summed E-state index contributed by atoms with van der Waals surface area (Å²) in [6.07, 6.45) is 6.26. The van der Waals surface area contributed by atoms with E-state index in [9.17, 15) is 9.59 Å². The number of allylic oxidation sites excluding steroid dienone is 4. The van der Waals surface area contributed by atoms with Gasteiger partial charge in [-0.05, 0) is 44.2 Å². The summed E-state index contributed by atoms with van der Waals surface area (Å²) in [6.45, 7) is 3.93. The molecule has 4 nitrogen and oxygen atoms in total. The van der Waals surface area contributed by atoms with Crippen LogP contribution in [-0.4, -0.2) is 37.4 Å². The Labute approximate surface area is 114 Å². The van der Waals surface area contributed by atoms with Gasteiger partial charge in [-0.3, -0.25) is 4.79 Å². The number of Topliss-reactive ketones (excluding diaryl/α,β-unsaturated/α-hetero) is 1. The maximum atomic E-state index is 11.9. The minimum Gasteiger partial charge on any atom is -0.463 e. The van der Waals surface area contributed by atoms with Crippen LogP contribution in [-0.2, 0) is 14.3 Å². The first-order valence-electron chi connectivity index (χ1n) is 6.42. The van der Waals surface area contributed by atoms with E-state index in [0.29, 0.717) is 30.6 Å². The summed E-state index contributed by atoms with van der Waals surface area (Å²) in [5.41, 5.74) is 1.96. The van der Waals surface area contributed by atoms with Gasteiger partial charge in [-0.15, -0.1) is 0 Å². The standard InChI is InChI=1S/C15H21NO3/c1-5-19-15(18)13-8-9-14(17)12(11(13)2)7-6-10-16(3)4/h6-7,10H,5,8-9H2,1-4H3/b10-6+,12-7+. The molecule has 4 heteroatoms. The van der Waals surface area contributed by atoms with E-state index in [0.717, 1.165) is 5.57 Å². The van der Waals surface area contributed by atoms with Gasteiger partial charge in [-0.25, -0.2) is 4.79 Å². The largest absolute Gasteiger partial charge is 0.463 e. The van der Waals surface area contributed by atoms with Crippen LogP contribution in [0.5, 0.6) is 0 Å². The van der Waals surface area contributed by atoms with Crippen LogP contribution < -0.4 is 0 Å². The Morgan fingerprint density at radius 2 is 2.05 bits per heavy atom. The van der Waals surface area contributed by atoms with Crippen LogP contribution >= 0.6 is 0 Å². The van der Waals surface area contributed by atoms with Crippen LogP contribution in [0.1, 0.15) is 26.7 Å². The van der Waals surface area contributed by atoms with Crippen molar-refractivity contribution in [2.24, 2.45) is 0 Å². The molecule has 0 aromatic heterocycles. The molecule has 0 radical (unpaired) electrons. The van der Waals surface area contributed by atoms with Gasteiger partial charge >= 0.3 is 5.97 Å². The van der Waals surface area contributed by atoms with Crippen LogP contribution in [0, 0.1) is 0 Å². The molecule has 0 fully saturated rings. The Morgan fingerprint density at radius 3 is 2.63 bits per heavy atom. The number of carbonyl (C=O) groups excluding carboxylic acids is 2. The number of carbonyl (C=O) groups is 2. The molecule has 0 spiro atoms. The van der Waals surface area contributed by atoms with E-state index in [-0.39, 0.29) is 11.8 Å². The molecule has 1 rings (SSSR count). The second-order valence-electron chi connectivity index (χ2n) is 4.63. The third kappa shape index (κ3) is 4.09. The van der Waals surface area contributed by atoms with E-state index in [1.165, 1.54) is 0 Å². The minimum absolute atomic E-state index is 0.0777.